The molecule has 0 fully saturated rings. The summed E-state index contributed by atoms with van der Waals surface area (Å²) in [6, 6.07) is 18.6. The van der Waals surface area contributed by atoms with Gasteiger partial charge in [0.1, 0.15) is 0 Å². The molecule has 0 bridgehead atoms. The summed E-state index contributed by atoms with van der Waals surface area (Å²) in [7, 11) is 0. The van der Waals surface area contributed by atoms with Gasteiger partial charge in [-0.05, 0) is 23.6 Å². The van der Waals surface area contributed by atoms with Crippen LogP contribution in [0.4, 0.5) is 0 Å². The van der Waals surface area contributed by atoms with Gasteiger partial charge in [-0.1, -0.05) is 66.7 Å². The molecule has 2 rings (SSSR count). The molecule has 0 aliphatic carbocycles. The number of allylic oxidation sites excluding steroid dienone is 1. The van der Waals surface area contributed by atoms with Crippen molar-refractivity contribution in [2.24, 2.45) is 4.99 Å². The SMILES string of the molecule is C/C=C/c1ccccc1C=NCc1ccccc1. The van der Waals surface area contributed by atoms with E-state index < -0.39 is 0 Å². The van der Waals surface area contributed by atoms with E-state index >= 15 is 0 Å². The minimum Gasteiger partial charge on any atom is -0.288 e. The van der Waals surface area contributed by atoms with Gasteiger partial charge in [0.2, 0.25) is 0 Å². The standard InChI is InChI=1S/C17H17N/c1-2-8-16-11-6-7-12-17(16)14-18-13-15-9-4-3-5-10-15/h2-12,14H,13H2,1H3/b8-2+,18-14?. The van der Waals surface area contributed by atoms with E-state index in [2.05, 4.69) is 35.3 Å². The topological polar surface area (TPSA) is 12.4 Å². The Morgan fingerprint density at radius 1 is 0.889 bits per heavy atom. The molecule has 0 saturated carbocycles. The summed E-state index contributed by atoms with van der Waals surface area (Å²) in [6.07, 6.45) is 6.09. The Morgan fingerprint density at radius 3 is 2.28 bits per heavy atom. The van der Waals surface area contributed by atoms with Crippen molar-refractivity contribution >= 4 is 12.3 Å². The van der Waals surface area contributed by atoms with Crippen LogP contribution in [0.5, 0.6) is 0 Å². The second kappa shape index (κ2) is 6.55. The maximum Gasteiger partial charge on any atom is 0.0639 e. The van der Waals surface area contributed by atoms with Crippen LogP contribution < -0.4 is 0 Å². The van der Waals surface area contributed by atoms with Crippen LogP contribution in [-0.4, -0.2) is 6.21 Å². The van der Waals surface area contributed by atoms with Gasteiger partial charge >= 0.3 is 0 Å². The highest BCUT2D eigenvalue weighted by molar-refractivity contribution is 5.85. The Balaban J connectivity index is 2.10. The second-order valence-corrected chi connectivity index (χ2v) is 4.08. The first-order chi connectivity index (χ1) is 8.90. The molecular formula is C17H17N. The van der Waals surface area contributed by atoms with E-state index in [0.29, 0.717) is 0 Å². The second-order valence-electron chi connectivity index (χ2n) is 4.08. The first-order valence-corrected chi connectivity index (χ1v) is 6.15. The van der Waals surface area contributed by atoms with Gasteiger partial charge in [-0.3, -0.25) is 4.99 Å². The molecule has 0 aromatic heterocycles. The lowest BCUT2D eigenvalue weighted by atomic mass is 10.1. The number of hydrogen-bond acceptors (Lipinski definition) is 1. The van der Waals surface area contributed by atoms with Gasteiger partial charge in [-0.15, -0.1) is 0 Å². The largest absolute Gasteiger partial charge is 0.288 e. The minimum absolute atomic E-state index is 0.727. The average Bonchev–Trinajstić information content (AvgIpc) is 2.42. The summed E-state index contributed by atoms with van der Waals surface area (Å²) in [5.41, 5.74) is 3.60. The Hall–Kier alpha value is -2.15. The summed E-state index contributed by atoms with van der Waals surface area (Å²) in [6.45, 7) is 2.75. The van der Waals surface area contributed by atoms with E-state index in [1.165, 1.54) is 11.1 Å². The molecule has 1 nitrogen and oxygen atoms in total. The summed E-state index contributed by atoms with van der Waals surface area (Å²) in [5.74, 6) is 0. The molecule has 0 heterocycles. The summed E-state index contributed by atoms with van der Waals surface area (Å²) < 4.78 is 0. The molecule has 0 aliphatic rings. The fourth-order valence-corrected chi connectivity index (χ4v) is 1.79. The maximum atomic E-state index is 4.50. The number of hydrogen-bond donors (Lipinski definition) is 0. The van der Waals surface area contributed by atoms with Gasteiger partial charge in [0.05, 0.1) is 6.54 Å². The van der Waals surface area contributed by atoms with Crippen molar-refractivity contribution < 1.29 is 0 Å². The molecule has 0 atom stereocenters. The molecule has 0 unspecified atom stereocenters. The van der Waals surface area contributed by atoms with Gasteiger partial charge in [0.15, 0.2) is 0 Å². The quantitative estimate of drug-likeness (QED) is 0.699. The van der Waals surface area contributed by atoms with Crippen molar-refractivity contribution in [3.05, 3.63) is 77.4 Å². The molecule has 0 radical (unpaired) electrons. The third-order valence-corrected chi connectivity index (χ3v) is 2.69. The first kappa shape index (κ1) is 12.3. The average molecular weight is 235 g/mol. The summed E-state index contributed by atoms with van der Waals surface area (Å²) in [4.78, 5) is 4.50. The van der Waals surface area contributed by atoms with Crippen LogP contribution in [0.2, 0.25) is 0 Å². The van der Waals surface area contributed by atoms with Crippen molar-refractivity contribution in [3.8, 4) is 0 Å². The number of nitrogens with zero attached hydrogens (tertiary/aromatic N) is 1. The molecule has 0 N–H and O–H groups in total. The zero-order valence-electron chi connectivity index (χ0n) is 10.6. The summed E-state index contributed by atoms with van der Waals surface area (Å²) in [5, 5.41) is 0. The highest BCUT2D eigenvalue weighted by Crippen LogP contribution is 2.09. The predicted octanol–water partition coefficient (Wildman–Crippen LogP) is 4.34. The molecule has 90 valence electrons. The Labute approximate surface area is 109 Å². The van der Waals surface area contributed by atoms with E-state index in [-0.39, 0.29) is 0 Å². The Bertz CT molecular complexity index is 539. The fraction of sp³-hybridized carbons (Fsp3) is 0.118. The first-order valence-electron chi connectivity index (χ1n) is 6.15. The molecule has 2 aromatic carbocycles. The lowest BCUT2D eigenvalue weighted by Crippen LogP contribution is -1.87. The van der Waals surface area contributed by atoms with Crippen LogP contribution in [0.3, 0.4) is 0 Å². The van der Waals surface area contributed by atoms with Gasteiger partial charge < -0.3 is 0 Å². The predicted molar refractivity (Wildman–Crippen MR) is 78.9 cm³/mol. The number of rotatable bonds is 4. The number of aliphatic imine (C=N–C) groups is 1. The van der Waals surface area contributed by atoms with E-state index in [0.717, 1.165) is 12.1 Å². The van der Waals surface area contributed by atoms with Crippen molar-refractivity contribution in [2.75, 3.05) is 0 Å². The normalized spacial score (nSPS) is 11.4. The van der Waals surface area contributed by atoms with Crippen LogP contribution in [-0.2, 0) is 6.54 Å². The molecular weight excluding hydrogens is 218 g/mol. The molecule has 0 spiro atoms. The van der Waals surface area contributed by atoms with Crippen molar-refractivity contribution in [2.45, 2.75) is 13.5 Å². The smallest absolute Gasteiger partial charge is 0.0639 e. The maximum absolute atomic E-state index is 4.50. The molecule has 1 heteroatoms. The lowest BCUT2D eigenvalue weighted by Gasteiger charge is -2.00. The van der Waals surface area contributed by atoms with Crippen LogP contribution in [0, 0.1) is 0 Å². The van der Waals surface area contributed by atoms with Gasteiger partial charge in [0.25, 0.3) is 0 Å². The molecule has 18 heavy (non-hydrogen) atoms. The third kappa shape index (κ3) is 3.42. The van der Waals surface area contributed by atoms with Crippen molar-refractivity contribution in [1.29, 1.82) is 0 Å². The van der Waals surface area contributed by atoms with E-state index in [1.807, 2.05) is 49.5 Å². The zero-order valence-corrected chi connectivity index (χ0v) is 10.6. The fourth-order valence-electron chi connectivity index (χ4n) is 1.79. The highest BCUT2D eigenvalue weighted by Gasteiger charge is 1.94. The van der Waals surface area contributed by atoms with E-state index in [1.54, 1.807) is 0 Å². The van der Waals surface area contributed by atoms with Crippen LogP contribution in [0.15, 0.2) is 65.7 Å². The van der Waals surface area contributed by atoms with Crippen LogP contribution in [0.1, 0.15) is 23.6 Å². The minimum atomic E-state index is 0.727. The Kier molecular flexibility index (Phi) is 4.48. The van der Waals surface area contributed by atoms with Crippen molar-refractivity contribution in [3.63, 3.8) is 0 Å². The van der Waals surface area contributed by atoms with Crippen molar-refractivity contribution in [1.82, 2.24) is 0 Å². The zero-order chi connectivity index (χ0) is 12.6. The van der Waals surface area contributed by atoms with Crippen LogP contribution >= 0.6 is 0 Å². The summed E-state index contributed by atoms with van der Waals surface area (Å²) >= 11 is 0. The number of benzene rings is 2. The highest BCUT2D eigenvalue weighted by atomic mass is 14.7. The molecule has 0 saturated heterocycles. The molecule has 0 amide bonds. The van der Waals surface area contributed by atoms with E-state index in [9.17, 15) is 0 Å². The third-order valence-electron chi connectivity index (χ3n) is 2.69. The lowest BCUT2D eigenvalue weighted by molar-refractivity contribution is 1.08. The van der Waals surface area contributed by atoms with Gasteiger partial charge in [-0.2, -0.15) is 0 Å². The molecule has 0 aliphatic heterocycles. The van der Waals surface area contributed by atoms with Gasteiger partial charge in [-0.25, -0.2) is 0 Å². The van der Waals surface area contributed by atoms with Gasteiger partial charge in [0, 0.05) is 6.21 Å². The van der Waals surface area contributed by atoms with Crippen LogP contribution in [0.25, 0.3) is 6.08 Å². The van der Waals surface area contributed by atoms with E-state index in [4.69, 9.17) is 0 Å². The Morgan fingerprint density at radius 2 is 1.56 bits per heavy atom. The molecule has 2 aromatic rings. The monoisotopic (exact) mass is 235 g/mol.